The van der Waals surface area contributed by atoms with Crippen molar-refractivity contribution < 1.29 is 5.11 Å². The number of hydrogen-bond acceptors (Lipinski definition) is 5. The monoisotopic (exact) mass is 360 g/mol. The van der Waals surface area contributed by atoms with Crippen LogP contribution in [0, 0.1) is 0 Å². The Balaban J connectivity index is 1.59. The second-order valence-electron chi connectivity index (χ2n) is 5.71. The summed E-state index contributed by atoms with van der Waals surface area (Å²) in [5.74, 6) is 0.232. The molecule has 0 atom stereocenters. The summed E-state index contributed by atoms with van der Waals surface area (Å²) in [5.41, 5.74) is 3.61. The lowest BCUT2D eigenvalue weighted by Gasteiger charge is -2.03. The molecule has 3 aromatic carbocycles. The van der Waals surface area contributed by atoms with Gasteiger partial charge in [0.2, 0.25) is 0 Å². The molecule has 0 saturated heterocycles. The number of thiazole rings is 2. The summed E-state index contributed by atoms with van der Waals surface area (Å²) in [5, 5.41) is 12.3. The first-order valence-electron chi connectivity index (χ1n) is 7.83. The van der Waals surface area contributed by atoms with Crippen molar-refractivity contribution in [3.8, 4) is 26.9 Å². The van der Waals surface area contributed by atoms with Crippen molar-refractivity contribution in [2.45, 2.75) is 0 Å². The molecular weight excluding hydrogens is 348 g/mol. The van der Waals surface area contributed by atoms with Crippen molar-refractivity contribution >= 4 is 43.1 Å². The van der Waals surface area contributed by atoms with Gasteiger partial charge >= 0.3 is 0 Å². The molecule has 2 heterocycles. The summed E-state index contributed by atoms with van der Waals surface area (Å²) in [6.45, 7) is 0. The Morgan fingerprint density at radius 3 is 1.92 bits per heavy atom. The molecule has 0 aliphatic rings. The van der Waals surface area contributed by atoms with Gasteiger partial charge in [-0.3, -0.25) is 0 Å². The van der Waals surface area contributed by atoms with Gasteiger partial charge in [-0.25, -0.2) is 9.97 Å². The van der Waals surface area contributed by atoms with Gasteiger partial charge in [-0.1, -0.05) is 30.3 Å². The molecule has 0 spiro atoms. The van der Waals surface area contributed by atoms with E-state index < -0.39 is 0 Å². The average molecular weight is 360 g/mol. The molecule has 3 nitrogen and oxygen atoms in total. The number of nitrogens with zero attached hydrogens (tertiary/aromatic N) is 2. The molecule has 1 N–H and O–H groups in total. The van der Waals surface area contributed by atoms with Gasteiger partial charge in [0.15, 0.2) is 0 Å². The fourth-order valence-electron chi connectivity index (χ4n) is 2.83. The highest BCUT2D eigenvalue weighted by Crippen LogP contribution is 2.38. The maximum absolute atomic E-state index is 10.5. The second-order valence-corrected chi connectivity index (χ2v) is 7.77. The number of fused-ring (bicyclic) bond motifs is 2. The first kappa shape index (κ1) is 14.6. The van der Waals surface area contributed by atoms with Crippen molar-refractivity contribution in [1.29, 1.82) is 0 Å². The van der Waals surface area contributed by atoms with Crippen LogP contribution in [0.1, 0.15) is 0 Å². The molecule has 0 radical (unpaired) electrons. The number of rotatable bonds is 2. The Kier molecular flexibility index (Phi) is 3.29. The van der Waals surface area contributed by atoms with Crippen LogP contribution in [0.4, 0.5) is 0 Å². The third kappa shape index (κ3) is 2.49. The number of phenols is 1. The van der Waals surface area contributed by atoms with Crippen LogP contribution in [0.5, 0.6) is 5.75 Å². The number of benzene rings is 3. The topological polar surface area (TPSA) is 46.0 Å². The molecule has 0 aliphatic carbocycles. The van der Waals surface area contributed by atoms with Crippen molar-refractivity contribution in [1.82, 2.24) is 9.97 Å². The maximum atomic E-state index is 10.5. The normalized spacial score (nSPS) is 11.4. The molecule has 0 aliphatic heterocycles. The third-order valence-electron chi connectivity index (χ3n) is 4.06. The summed E-state index contributed by atoms with van der Waals surface area (Å²) in [7, 11) is 0. The van der Waals surface area contributed by atoms with Gasteiger partial charge in [0.1, 0.15) is 15.8 Å². The molecule has 0 amide bonds. The summed E-state index contributed by atoms with van der Waals surface area (Å²) < 4.78 is 2.26. The molecule has 0 unspecified atom stereocenters. The van der Waals surface area contributed by atoms with Gasteiger partial charge in [0, 0.05) is 5.56 Å². The molecular formula is C20H12N2OS2. The van der Waals surface area contributed by atoms with Crippen LogP contribution >= 0.6 is 22.7 Å². The van der Waals surface area contributed by atoms with E-state index in [1.165, 1.54) is 0 Å². The molecule has 2 aromatic heterocycles. The molecule has 0 saturated carbocycles. The number of para-hydroxylation sites is 2. The minimum atomic E-state index is 0.232. The fraction of sp³-hybridized carbons (Fsp3) is 0. The van der Waals surface area contributed by atoms with E-state index in [4.69, 9.17) is 0 Å². The second kappa shape index (κ2) is 5.65. The molecule has 0 fully saturated rings. The Hall–Kier alpha value is -2.76. The van der Waals surface area contributed by atoms with Gasteiger partial charge in [0.25, 0.3) is 0 Å². The SMILES string of the molecule is Oc1cc(-c2nc3ccccc3s2)ccc1-c1nc2ccccc2s1. The largest absolute Gasteiger partial charge is 0.507 e. The molecule has 120 valence electrons. The summed E-state index contributed by atoms with van der Waals surface area (Å²) in [6.07, 6.45) is 0. The predicted octanol–water partition coefficient (Wildman–Crippen LogP) is 5.95. The first-order chi connectivity index (χ1) is 12.3. The Bertz CT molecular complexity index is 1160. The Morgan fingerprint density at radius 2 is 1.28 bits per heavy atom. The highest BCUT2D eigenvalue weighted by molar-refractivity contribution is 7.22. The summed E-state index contributed by atoms with van der Waals surface area (Å²) in [6, 6.07) is 21.8. The quantitative estimate of drug-likeness (QED) is 0.423. The zero-order chi connectivity index (χ0) is 16.8. The van der Waals surface area contributed by atoms with E-state index in [1.54, 1.807) is 28.7 Å². The minimum Gasteiger partial charge on any atom is -0.507 e. The van der Waals surface area contributed by atoms with Crippen LogP contribution < -0.4 is 0 Å². The van der Waals surface area contributed by atoms with E-state index in [0.29, 0.717) is 0 Å². The van der Waals surface area contributed by atoms with Crippen molar-refractivity contribution in [2.75, 3.05) is 0 Å². The summed E-state index contributed by atoms with van der Waals surface area (Å²) in [4.78, 5) is 9.28. The number of phenolic OH excluding ortho intramolecular Hbond substituents is 1. The van der Waals surface area contributed by atoms with Gasteiger partial charge in [-0.2, -0.15) is 0 Å². The highest BCUT2D eigenvalue weighted by Gasteiger charge is 2.13. The van der Waals surface area contributed by atoms with Crippen molar-refractivity contribution in [2.24, 2.45) is 0 Å². The lowest BCUT2D eigenvalue weighted by Crippen LogP contribution is -1.81. The van der Waals surface area contributed by atoms with Crippen LogP contribution in [0.3, 0.4) is 0 Å². The Labute approximate surface area is 151 Å². The summed E-state index contributed by atoms with van der Waals surface area (Å²) >= 11 is 3.22. The first-order valence-corrected chi connectivity index (χ1v) is 9.46. The van der Waals surface area contributed by atoms with Gasteiger partial charge in [0.05, 0.1) is 26.0 Å². The maximum Gasteiger partial charge on any atom is 0.128 e. The predicted molar refractivity (Wildman–Crippen MR) is 105 cm³/mol. The van der Waals surface area contributed by atoms with Crippen molar-refractivity contribution in [3.63, 3.8) is 0 Å². The lowest BCUT2D eigenvalue weighted by atomic mass is 10.1. The number of aromatic nitrogens is 2. The number of hydrogen-bond donors (Lipinski definition) is 1. The van der Waals surface area contributed by atoms with E-state index in [0.717, 1.165) is 41.6 Å². The van der Waals surface area contributed by atoms with Crippen LogP contribution in [0.2, 0.25) is 0 Å². The minimum absolute atomic E-state index is 0.232. The lowest BCUT2D eigenvalue weighted by molar-refractivity contribution is 0.477. The zero-order valence-corrected chi connectivity index (χ0v) is 14.6. The van der Waals surface area contributed by atoms with E-state index in [-0.39, 0.29) is 5.75 Å². The molecule has 25 heavy (non-hydrogen) atoms. The van der Waals surface area contributed by atoms with Crippen LogP contribution in [-0.2, 0) is 0 Å². The van der Waals surface area contributed by atoms with E-state index in [9.17, 15) is 5.11 Å². The van der Waals surface area contributed by atoms with Crippen LogP contribution in [-0.4, -0.2) is 15.1 Å². The molecule has 5 aromatic rings. The van der Waals surface area contributed by atoms with E-state index >= 15 is 0 Å². The van der Waals surface area contributed by atoms with Gasteiger partial charge in [-0.05, 0) is 36.4 Å². The smallest absolute Gasteiger partial charge is 0.128 e. The molecule has 0 bridgehead atoms. The van der Waals surface area contributed by atoms with E-state index in [2.05, 4.69) is 16.0 Å². The average Bonchev–Trinajstić information content (AvgIpc) is 3.25. The van der Waals surface area contributed by atoms with Crippen molar-refractivity contribution in [3.05, 3.63) is 66.7 Å². The van der Waals surface area contributed by atoms with Crippen LogP contribution in [0.25, 0.3) is 41.6 Å². The van der Waals surface area contributed by atoms with E-state index in [1.807, 2.05) is 54.6 Å². The van der Waals surface area contributed by atoms with Gasteiger partial charge < -0.3 is 5.11 Å². The van der Waals surface area contributed by atoms with Gasteiger partial charge in [-0.15, -0.1) is 22.7 Å². The molecule has 5 heteroatoms. The number of aromatic hydroxyl groups is 1. The fourth-order valence-corrected chi connectivity index (χ4v) is 4.79. The van der Waals surface area contributed by atoms with Crippen LogP contribution in [0.15, 0.2) is 66.7 Å². The Morgan fingerprint density at radius 1 is 0.680 bits per heavy atom. The molecule has 5 rings (SSSR count). The third-order valence-corrected chi connectivity index (χ3v) is 6.22. The highest BCUT2D eigenvalue weighted by atomic mass is 32.1. The zero-order valence-electron chi connectivity index (χ0n) is 13.0. The standard InChI is InChI=1S/C20H12N2OS2/c23-16-11-12(19-21-14-5-1-3-7-17(14)24-19)9-10-13(16)20-22-15-6-2-4-8-18(15)25-20/h1-11,23H.